The number of methoxy groups -OCH3 is 1. The average Bonchev–Trinajstić information content (AvgIpc) is 3.35. The number of sulfonamides is 1. The number of ether oxygens (including phenoxy) is 1. The van der Waals surface area contributed by atoms with E-state index in [9.17, 15) is 23.4 Å². The molecule has 0 aliphatic rings. The van der Waals surface area contributed by atoms with Gasteiger partial charge in [-0.15, -0.1) is 0 Å². The average molecular weight is 531 g/mol. The van der Waals surface area contributed by atoms with Gasteiger partial charge in [-0.3, -0.25) is 4.79 Å². The fraction of sp³-hybridized carbons (Fsp3) is 0.217. The fourth-order valence-electron chi connectivity index (χ4n) is 3.41. The summed E-state index contributed by atoms with van der Waals surface area (Å²) in [4.78, 5) is 25.8. The molecule has 5 N–H and O–H groups in total. The third kappa shape index (κ3) is 6.18. The molecule has 0 saturated heterocycles. The Morgan fingerprint density at radius 2 is 1.83 bits per heavy atom. The van der Waals surface area contributed by atoms with Crippen molar-refractivity contribution < 1.29 is 33.1 Å². The molecule has 0 bridgehead atoms. The molecular weight excluding hydrogens is 506 g/mol. The van der Waals surface area contributed by atoms with E-state index < -0.39 is 28.1 Å². The van der Waals surface area contributed by atoms with Crippen LogP contribution in [-0.2, 0) is 14.8 Å². The summed E-state index contributed by atoms with van der Waals surface area (Å²) in [5.74, 6) is -0.586. The highest BCUT2D eigenvalue weighted by Gasteiger charge is 2.28. The van der Waals surface area contributed by atoms with Crippen LogP contribution in [0.1, 0.15) is 6.42 Å². The molecule has 2 unspecified atom stereocenters. The topological polar surface area (TPSA) is 169 Å². The number of rotatable bonds is 11. The van der Waals surface area contributed by atoms with Crippen LogP contribution >= 0.6 is 11.8 Å². The highest BCUT2D eigenvalue weighted by Crippen LogP contribution is 2.24. The van der Waals surface area contributed by atoms with Crippen molar-refractivity contribution in [1.82, 2.24) is 19.7 Å². The predicted octanol–water partition coefficient (Wildman–Crippen LogP) is 1.72. The number of aromatic amines is 2. The van der Waals surface area contributed by atoms with Crippen molar-refractivity contribution in [3.63, 3.8) is 0 Å². The molecule has 0 saturated carbocycles. The van der Waals surface area contributed by atoms with E-state index in [1.54, 1.807) is 37.6 Å². The van der Waals surface area contributed by atoms with Crippen molar-refractivity contribution >= 4 is 38.9 Å². The van der Waals surface area contributed by atoms with E-state index >= 15 is 0 Å². The van der Waals surface area contributed by atoms with Gasteiger partial charge in [-0.05, 0) is 52.1 Å². The normalized spacial score (nSPS) is 13.4. The van der Waals surface area contributed by atoms with Gasteiger partial charge in [0, 0.05) is 12.2 Å². The van der Waals surface area contributed by atoms with Crippen LogP contribution in [0.25, 0.3) is 22.3 Å². The van der Waals surface area contributed by atoms with Gasteiger partial charge < -0.3 is 19.9 Å². The maximum Gasteiger partial charge on any atom is 0.359 e. The Labute approximate surface area is 211 Å². The number of carboxylic acid groups (broad SMARTS) is 1. The Morgan fingerprint density at radius 3 is 2.47 bits per heavy atom. The largest absolute Gasteiger partial charge is 0.497 e. The maximum atomic E-state index is 12.8. The van der Waals surface area contributed by atoms with Crippen molar-refractivity contribution in [3.8, 4) is 16.9 Å². The van der Waals surface area contributed by atoms with E-state index in [1.807, 2.05) is 12.1 Å². The molecule has 0 fully saturated rings. The quantitative estimate of drug-likeness (QED) is 0.167. The number of carbonyl (C=O) groups is 1. The molecule has 0 amide bonds. The van der Waals surface area contributed by atoms with Crippen LogP contribution in [0.4, 0.5) is 0 Å². The number of H-pyrrole nitrogens is 2. The number of hydrogen-bond acceptors (Lipinski definition) is 8. The summed E-state index contributed by atoms with van der Waals surface area (Å²) >= 11 is 1.17. The van der Waals surface area contributed by atoms with E-state index in [2.05, 4.69) is 24.7 Å². The van der Waals surface area contributed by atoms with Crippen molar-refractivity contribution in [1.29, 1.82) is 0 Å². The molecule has 0 aliphatic carbocycles. The van der Waals surface area contributed by atoms with E-state index in [0.29, 0.717) is 16.6 Å². The molecule has 4 rings (SSSR count). The predicted molar refractivity (Wildman–Crippen MR) is 132 cm³/mol. The zero-order valence-electron chi connectivity index (χ0n) is 19.1. The third-order valence-electron chi connectivity index (χ3n) is 5.30. The first-order valence-corrected chi connectivity index (χ1v) is 13.2. The minimum absolute atomic E-state index is 0.0824. The van der Waals surface area contributed by atoms with Gasteiger partial charge in [0.1, 0.15) is 18.0 Å². The van der Waals surface area contributed by atoms with Gasteiger partial charge >= 0.3 is 11.1 Å². The van der Waals surface area contributed by atoms with Gasteiger partial charge in [-0.1, -0.05) is 24.3 Å². The Balaban J connectivity index is 1.38. The van der Waals surface area contributed by atoms with Crippen molar-refractivity contribution in [2.24, 2.45) is 0 Å². The van der Waals surface area contributed by atoms with Gasteiger partial charge in [0.15, 0.2) is 5.52 Å². The summed E-state index contributed by atoms with van der Waals surface area (Å²) in [7, 11) is -2.57. The second-order valence-electron chi connectivity index (χ2n) is 7.81. The second kappa shape index (κ2) is 11.0. The minimum atomic E-state index is -4.14. The molecule has 0 radical (unpaired) electrons. The molecule has 0 aliphatic heterocycles. The lowest BCUT2D eigenvalue weighted by Crippen LogP contribution is -2.43. The highest BCUT2D eigenvalue weighted by molar-refractivity contribution is 7.99. The number of hydrogen-bond donors (Lipinski definition) is 4. The van der Waals surface area contributed by atoms with Crippen molar-refractivity contribution in [2.45, 2.75) is 28.6 Å². The Hall–Kier alpha value is -3.52. The minimum Gasteiger partial charge on any atom is -0.497 e. The highest BCUT2D eigenvalue weighted by atomic mass is 32.2. The van der Waals surface area contributed by atoms with Gasteiger partial charge in [0.2, 0.25) is 10.0 Å². The summed E-state index contributed by atoms with van der Waals surface area (Å²) in [5.41, 5.74) is 2.88. The van der Waals surface area contributed by atoms with E-state index in [1.165, 1.54) is 30.2 Å². The van der Waals surface area contributed by atoms with Crippen LogP contribution in [0.2, 0.25) is 0 Å². The number of benzene rings is 2. The number of nitrogens with zero attached hydrogens (tertiary/aromatic N) is 2. The molecular formula is C23H24N5O6S2+. The molecule has 13 heteroatoms. The zero-order chi connectivity index (χ0) is 25.7. The Bertz CT molecular complexity index is 1440. The third-order valence-corrected chi connectivity index (χ3v) is 7.82. The Kier molecular flexibility index (Phi) is 7.84. The smallest absolute Gasteiger partial charge is 0.359 e. The number of thioether (sulfide) groups is 1. The first kappa shape index (κ1) is 25.6. The number of fused-ring (bicyclic) bond motifs is 1. The lowest BCUT2D eigenvalue weighted by molar-refractivity contribution is -0.431. The molecule has 0 spiro atoms. The Morgan fingerprint density at radius 1 is 1.17 bits per heavy atom. The summed E-state index contributed by atoms with van der Waals surface area (Å²) in [6, 6.07) is 11.9. The van der Waals surface area contributed by atoms with Crippen LogP contribution < -0.4 is 14.4 Å². The molecule has 4 aromatic rings. The van der Waals surface area contributed by atoms with Gasteiger partial charge in [-0.2, -0.15) is 9.71 Å². The monoisotopic (exact) mass is 530 g/mol. The number of aliphatic carboxylic acids is 1. The van der Waals surface area contributed by atoms with E-state index in [-0.39, 0.29) is 17.1 Å². The standard InChI is InChI=1S/C23H23N5O6S2/c1-34-17-6-2-14(3-7-17)15-4-8-18(9-5-15)36(32,33)28-19(22(30)31)10-16(29)12-35-23-24-11-20-21(27-23)26-13-25-20/h2-9,11,13,16,19,28-29H,10,12H2,1H3,(H,30,31)(H,24,25,26,27)/p+1. The van der Waals surface area contributed by atoms with Crippen molar-refractivity contribution in [2.75, 3.05) is 12.9 Å². The SMILES string of the molecule is COc1ccc(-c2ccc(S(=O)(=O)NC(CC(O)CSc3nc4nc[nH]c4c[nH+]3)C(=O)O)cc2)cc1. The first-order valence-electron chi connectivity index (χ1n) is 10.8. The summed E-state index contributed by atoms with van der Waals surface area (Å²) in [5, 5.41) is 20.4. The van der Waals surface area contributed by atoms with Crippen LogP contribution in [-0.4, -0.2) is 64.6 Å². The molecule has 2 aromatic heterocycles. The maximum absolute atomic E-state index is 12.8. The number of aliphatic hydroxyl groups excluding tert-OH is 1. The summed E-state index contributed by atoms with van der Waals surface area (Å²) < 4.78 is 33.0. The molecule has 188 valence electrons. The number of carboxylic acids is 1. The van der Waals surface area contributed by atoms with Crippen molar-refractivity contribution in [3.05, 3.63) is 61.1 Å². The number of nitrogens with one attached hydrogen (secondary N) is 3. The van der Waals surface area contributed by atoms with Crippen LogP contribution in [0.15, 0.2) is 71.1 Å². The first-order chi connectivity index (χ1) is 17.2. The van der Waals surface area contributed by atoms with Gasteiger partial charge in [-0.25, -0.2) is 13.4 Å². The molecule has 11 nitrogen and oxygen atoms in total. The lowest BCUT2D eigenvalue weighted by atomic mass is 10.1. The fourth-order valence-corrected chi connectivity index (χ4v) is 5.39. The second-order valence-corrected chi connectivity index (χ2v) is 10.5. The van der Waals surface area contributed by atoms with Gasteiger partial charge in [0.25, 0.3) is 5.65 Å². The van der Waals surface area contributed by atoms with Crippen LogP contribution in [0.3, 0.4) is 0 Å². The van der Waals surface area contributed by atoms with Gasteiger partial charge in [0.05, 0.1) is 24.4 Å². The zero-order valence-corrected chi connectivity index (χ0v) is 20.7. The van der Waals surface area contributed by atoms with E-state index in [0.717, 1.165) is 16.6 Å². The molecule has 2 atom stereocenters. The van der Waals surface area contributed by atoms with E-state index in [4.69, 9.17) is 4.74 Å². The van der Waals surface area contributed by atoms with Crippen LogP contribution in [0.5, 0.6) is 5.75 Å². The molecule has 36 heavy (non-hydrogen) atoms. The molecule has 2 heterocycles. The summed E-state index contributed by atoms with van der Waals surface area (Å²) in [6.07, 6.45) is 1.75. The lowest BCUT2D eigenvalue weighted by Gasteiger charge is -2.18. The molecule has 2 aromatic carbocycles. The number of aliphatic hydroxyl groups is 1. The van der Waals surface area contributed by atoms with Crippen LogP contribution in [0, 0.1) is 0 Å². The number of imidazole rings is 1. The summed E-state index contributed by atoms with van der Waals surface area (Å²) in [6.45, 7) is 0. The number of aromatic nitrogens is 4.